The van der Waals surface area contributed by atoms with Crippen molar-refractivity contribution >= 4 is 0 Å². The highest BCUT2D eigenvalue weighted by atomic mass is 16.3. The van der Waals surface area contributed by atoms with Crippen molar-refractivity contribution in [1.29, 1.82) is 0 Å². The van der Waals surface area contributed by atoms with Gasteiger partial charge >= 0.3 is 0 Å². The standard InChI is InChI=1S/C7H17NO2/c1-6(3-4-9)8-7(2)5-10/h6-10H,3-5H2,1-2H3/t6?,7-/m1/s1. The fourth-order valence-corrected chi connectivity index (χ4v) is 0.815. The third kappa shape index (κ3) is 4.73. The molecule has 0 saturated heterocycles. The van der Waals surface area contributed by atoms with Crippen molar-refractivity contribution in [3.8, 4) is 0 Å². The maximum absolute atomic E-state index is 8.63. The minimum Gasteiger partial charge on any atom is -0.396 e. The van der Waals surface area contributed by atoms with Crippen molar-refractivity contribution in [2.45, 2.75) is 32.4 Å². The molecule has 3 N–H and O–H groups in total. The predicted molar refractivity (Wildman–Crippen MR) is 40.8 cm³/mol. The average Bonchev–Trinajstić information content (AvgIpc) is 1.88. The Morgan fingerprint density at radius 2 is 1.80 bits per heavy atom. The molecule has 0 aliphatic carbocycles. The average molecular weight is 147 g/mol. The van der Waals surface area contributed by atoms with Crippen LogP contribution in [0.5, 0.6) is 0 Å². The molecule has 10 heavy (non-hydrogen) atoms. The van der Waals surface area contributed by atoms with Crippen LogP contribution in [0, 0.1) is 0 Å². The highest BCUT2D eigenvalue weighted by Gasteiger charge is 2.03. The van der Waals surface area contributed by atoms with Gasteiger partial charge in [0.15, 0.2) is 0 Å². The largest absolute Gasteiger partial charge is 0.396 e. The van der Waals surface area contributed by atoms with Crippen molar-refractivity contribution in [3.05, 3.63) is 0 Å². The molecule has 0 amide bonds. The third-order valence-corrected chi connectivity index (χ3v) is 1.41. The van der Waals surface area contributed by atoms with Crippen LogP contribution >= 0.6 is 0 Å². The molecule has 0 aliphatic heterocycles. The van der Waals surface area contributed by atoms with Crippen molar-refractivity contribution in [1.82, 2.24) is 5.32 Å². The molecule has 0 radical (unpaired) electrons. The van der Waals surface area contributed by atoms with E-state index >= 15 is 0 Å². The highest BCUT2D eigenvalue weighted by molar-refractivity contribution is 4.65. The number of hydrogen-bond acceptors (Lipinski definition) is 3. The van der Waals surface area contributed by atoms with E-state index in [-0.39, 0.29) is 25.3 Å². The Kier molecular flexibility index (Phi) is 5.58. The lowest BCUT2D eigenvalue weighted by molar-refractivity contribution is 0.224. The minimum absolute atomic E-state index is 0.126. The molecule has 62 valence electrons. The van der Waals surface area contributed by atoms with Crippen molar-refractivity contribution in [3.63, 3.8) is 0 Å². The molecule has 0 spiro atoms. The molecule has 0 aromatic heterocycles. The van der Waals surface area contributed by atoms with E-state index in [0.29, 0.717) is 0 Å². The van der Waals surface area contributed by atoms with E-state index in [2.05, 4.69) is 5.32 Å². The van der Waals surface area contributed by atoms with Gasteiger partial charge in [0, 0.05) is 18.7 Å². The maximum Gasteiger partial charge on any atom is 0.0582 e. The lowest BCUT2D eigenvalue weighted by Gasteiger charge is -2.16. The van der Waals surface area contributed by atoms with Crippen LogP contribution in [-0.2, 0) is 0 Å². The van der Waals surface area contributed by atoms with Gasteiger partial charge in [-0.15, -0.1) is 0 Å². The lowest BCUT2D eigenvalue weighted by Crippen LogP contribution is -2.37. The molecule has 0 rings (SSSR count). The first kappa shape index (κ1) is 9.88. The first-order chi connectivity index (χ1) is 4.70. The van der Waals surface area contributed by atoms with Gasteiger partial charge in [-0.2, -0.15) is 0 Å². The normalized spacial score (nSPS) is 16.8. The van der Waals surface area contributed by atoms with E-state index in [1.807, 2.05) is 13.8 Å². The maximum atomic E-state index is 8.63. The van der Waals surface area contributed by atoms with Crippen LogP contribution in [0.3, 0.4) is 0 Å². The number of nitrogens with one attached hydrogen (secondary N) is 1. The Labute approximate surface area is 62.1 Å². The first-order valence-corrected chi connectivity index (χ1v) is 3.68. The lowest BCUT2D eigenvalue weighted by atomic mass is 10.2. The summed E-state index contributed by atoms with van der Waals surface area (Å²) in [4.78, 5) is 0. The molecule has 2 atom stereocenters. The first-order valence-electron chi connectivity index (χ1n) is 3.68. The zero-order valence-corrected chi connectivity index (χ0v) is 6.67. The summed E-state index contributed by atoms with van der Waals surface area (Å²) in [5.74, 6) is 0. The fourth-order valence-electron chi connectivity index (χ4n) is 0.815. The smallest absolute Gasteiger partial charge is 0.0582 e. The molecule has 0 bridgehead atoms. The molecule has 0 aliphatic rings. The van der Waals surface area contributed by atoms with Crippen LogP contribution in [0.4, 0.5) is 0 Å². The van der Waals surface area contributed by atoms with Crippen molar-refractivity contribution in [2.24, 2.45) is 0 Å². The fraction of sp³-hybridized carbons (Fsp3) is 1.00. The van der Waals surface area contributed by atoms with Crippen LogP contribution in [0.25, 0.3) is 0 Å². The van der Waals surface area contributed by atoms with Crippen LogP contribution in [0.15, 0.2) is 0 Å². The molecule has 0 saturated carbocycles. The van der Waals surface area contributed by atoms with Crippen molar-refractivity contribution in [2.75, 3.05) is 13.2 Å². The molecule has 0 fully saturated rings. The van der Waals surface area contributed by atoms with E-state index in [0.717, 1.165) is 6.42 Å². The van der Waals surface area contributed by atoms with Gasteiger partial charge in [0.2, 0.25) is 0 Å². The van der Waals surface area contributed by atoms with Crippen LogP contribution in [0.1, 0.15) is 20.3 Å². The van der Waals surface area contributed by atoms with Crippen LogP contribution in [0.2, 0.25) is 0 Å². The summed E-state index contributed by atoms with van der Waals surface area (Å²) in [6.45, 7) is 4.25. The van der Waals surface area contributed by atoms with Gasteiger partial charge in [0.1, 0.15) is 0 Å². The van der Waals surface area contributed by atoms with Gasteiger partial charge in [-0.05, 0) is 20.3 Å². The minimum atomic E-state index is 0.126. The molecule has 0 heterocycles. The molecular formula is C7H17NO2. The van der Waals surface area contributed by atoms with Gasteiger partial charge in [-0.25, -0.2) is 0 Å². The van der Waals surface area contributed by atoms with E-state index < -0.39 is 0 Å². The Morgan fingerprint density at radius 1 is 1.20 bits per heavy atom. The molecule has 1 unspecified atom stereocenters. The molecule has 0 aromatic rings. The summed E-state index contributed by atoms with van der Waals surface area (Å²) >= 11 is 0. The van der Waals surface area contributed by atoms with E-state index in [1.165, 1.54) is 0 Å². The second-order valence-corrected chi connectivity index (χ2v) is 2.66. The zero-order chi connectivity index (χ0) is 7.98. The highest BCUT2D eigenvalue weighted by Crippen LogP contribution is 1.90. The number of aliphatic hydroxyl groups is 2. The van der Waals surface area contributed by atoms with Gasteiger partial charge in [-0.1, -0.05) is 0 Å². The van der Waals surface area contributed by atoms with E-state index in [1.54, 1.807) is 0 Å². The monoisotopic (exact) mass is 147 g/mol. The Bertz CT molecular complexity index is 78.0. The second kappa shape index (κ2) is 5.65. The van der Waals surface area contributed by atoms with Crippen LogP contribution < -0.4 is 5.32 Å². The Balaban J connectivity index is 3.27. The summed E-state index contributed by atoms with van der Waals surface area (Å²) in [5.41, 5.74) is 0. The van der Waals surface area contributed by atoms with Gasteiger partial charge in [0.05, 0.1) is 6.61 Å². The Morgan fingerprint density at radius 3 is 2.20 bits per heavy atom. The number of hydrogen-bond donors (Lipinski definition) is 3. The molecule has 3 heteroatoms. The van der Waals surface area contributed by atoms with E-state index in [4.69, 9.17) is 10.2 Å². The summed E-state index contributed by atoms with van der Waals surface area (Å²) in [6.07, 6.45) is 0.740. The van der Waals surface area contributed by atoms with Gasteiger partial charge in [-0.3, -0.25) is 0 Å². The molecular weight excluding hydrogens is 130 g/mol. The summed E-state index contributed by atoms with van der Waals surface area (Å²) in [5, 5.41) is 20.3. The summed E-state index contributed by atoms with van der Waals surface area (Å²) < 4.78 is 0. The van der Waals surface area contributed by atoms with Gasteiger partial charge in [0.25, 0.3) is 0 Å². The number of rotatable bonds is 5. The van der Waals surface area contributed by atoms with Crippen LogP contribution in [-0.4, -0.2) is 35.5 Å². The van der Waals surface area contributed by atoms with E-state index in [9.17, 15) is 0 Å². The predicted octanol–water partition coefficient (Wildman–Crippen LogP) is -0.272. The summed E-state index contributed by atoms with van der Waals surface area (Å²) in [7, 11) is 0. The Hall–Kier alpha value is -0.120. The van der Waals surface area contributed by atoms with Crippen molar-refractivity contribution < 1.29 is 10.2 Å². The topological polar surface area (TPSA) is 52.5 Å². The molecule has 3 nitrogen and oxygen atoms in total. The quantitative estimate of drug-likeness (QED) is 0.501. The summed E-state index contributed by atoms with van der Waals surface area (Å²) in [6, 6.07) is 0.411. The third-order valence-electron chi connectivity index (χ3n) is 1.41. The number of aliphatic hydroxyl groups excluding tert-OH is 2. The zero-order valence-electron chi connectivity index (χ0n) is 6.67. The SMILES string of the molecule is CC(CCO)N[C@H](C)CO. The van der Waals surface area contributed by atoms with Gasteiger partial charge < -0.3 is 15.5 Å². The second-order valence-electron chi connectivity index (χ2n) is 2.66. The molecule has 0 aromatic carbocycles.